The number of hydrogen-bond acceptors (Lipinski definition) is 6. The summed E-state index contributed by atoms with van der Waals surface area (Å²) in [5.41, 5.74) is 0.679. The van der Waals surface area contributed by atoms with Gasteiger partial charge < -0.3 is 19.9 Å². The van der Waals surface area contributed by atoms with Crippen molar-refractivity contribution in [2.45, 2.75) is 38.3 Å². The normalized spacial score (nSPS) is 21.8. The summed E-state index contributed by atoms with van der Waals surface area (Å²) in [6, 6.07) is 9.94. The molecular weight excluding hydrogens is 422 g/mol. The van der Waals surface area contributed by atoms with Gasteiger partial charge in [0.15, 0.2) is 0 Å². The Balaban J connectivity index is 1.66. The van der Waals surface area contributed by atoms with Crippen LogP contribution in [0.1, 0.15) is 26.2 Å². The van der Waals surface area contributed by atoms with E-state index in [4.69, 9.17) is 4.74 Å². The van der Waals surface area contributed by atoms with E-state index in [1.54, 1.807) is 19.2 Å². The van der Waals surface area contributed by atoms with Gasteiger partial charge in [-0.2, -0.15) is 5.26 Å². The van der Waals surface area contributed by atoms with Crippen LogP contribution in [0.5, 0.6) is 0 Å². The minimum absolute atomic E-state index is 0.130. The number of carbonyl (C=O) groups is 3. The second-order valence-corrected chi connectivity index (χ2v) is 8.62. The van der Waals surface area contributed by atoms with Crippen molar-refractivity contribution in [1.82, 2.24) is 14.7 Å². The molecule has 2 fully saturated rings. The van der Waals surface area contributed by atoms with E-state index in [9.17, 15) is 19.6 Å². The van der Waals surface area contributed by atoms with Crippen LogP contribution in [0.2, 0.25) is 0 Å². The standard InChI is InChI=1S/C24H33N5O4/c1-3-7-21(27(2)22(30)17-28-10-12-33-13-11-28)24(32)29-16-18(14-20(29)15-25)23(31)26-19-8-5-4-6-9-19/h4-6,8-9,18,20-21H,3,7,10-14,16-17H2,1-2H3,(H,26,31). The van der Waals surface area contributed by atoms with Gasteiger partial charge in [0.2, 0.25) is 17.7 Å². The van der Waals surface area contributed by atoms with Crippen LogP contribution in [0.3, 0.4) is 0 Å². The zero-order chi connectivity index (χ0) is 23.8. The maximum absolute atomic E-state index is 13.5. The molecule has 2 heterocycles. The van der Waals surface area contributed by atoms with Gasteiger partial charge in [0.05, 0.1) is 31.7 Å². The van der Waals surface area contributed by atoms with Gasteiger partial charge in [0, 0.05) is 32.4 Å². The Bertz CT molecular complexity index is 865. The lowest BCUT2D eigenvalue weighted by Crippen LogP contribution is -2.53. The molecule has 3 rings (SSSR count). The molecule has 0 spiro atoms. The molecule has 3 atom stereocenters. The summed E-state index contributed by atoms with van der Waals surface area (Å²) in [7, 11) is 1.65. The molecule has 0 aliphatic carbocycles. The first-order chi connectivity index (χ1) is 15.9. The Morgan fingerprint density at radius 2 is 1.94 bits per heavy atom. The fourth-order valence-electron chi connectivity index (χ4n) is 4.34. The van der Waals surface area contributed by atoms with Crippen molar-refractivity contribution in [2.75, 3.05) is 51.8 Å². The number of nitriles is 1. The Morgan fingerprint density at radius 3 is 2.58 bits per heavy atom. The van der Waals surface area contributed by atoms with E-state index in [1.807, 2.05) is 30.0 Å². The van der Waals surface area contributed by atoms with Crippen molar-refractivity contribution in [1.29, 1.82) is 5.26 Å². The van der Waals surface area contributed by atoms with Crippen molar-refractivity contribution < 1.29 is 19.1 Å². The highest BCUT2D eigenvalue weighted by molar-refractivity contribution is 5.94. The van der Waals surface area contributed by atoms with Crippen LogP contribution in [0.4, 0.5) is 5.69 Å². The number of anilines is 1. The number of para-hydroxylation sites is 1. The predicted octanol–water partition coefficient (Wildman–Crippen LogP) is 1.33. The lowest BCUT2D eigenvalue weighted by Gasteiger charge is -2.34. The Hall–Kier alpha value is -2.96. The van der Waals surface area contributed by atoms with Crippen LogP contribution in [-0.2, 0) is 19.1 Å². The molecule has 3 amide bonds. The largest absolute Gasteiger partial charge is 0.379 e. The fraction of sp³-hybridized carbons (Fsp3) is 0.583. The number of carbonyl (C=O) groups excluding carboxylic acids is 3. The van der Waals surface area contributed by atoms with Gasteiger partial charge in [-0.3, -0.25) is 19.3 Å². The number of nitrogens with zero attached hydrogens (tertiary/aromatic N) is 4. The van der Waals surface area contributed by atoms with Crippen LogP contribution in [0.15, 0.2) is 30.3 Å². The lowest BCUT2D eigenvalue weighted by atomic mass is 10.1. The van der Waals surface area contributed by atoms with Gasteiger partial charge >= 0.3 is 0 Å². The monoisotopic (exact) mass is 455 g/mol. The summed E-state index contributed by atoms with van der Waals surface area (Å²) in [5, 5.41) is 12.5. The van der Waals surface area contributed by atoms with E-state index >= 15 is 0 Å². The highest BCUT2D eigenvalue weighted by Gasteiger charge is 2.42. The van der Waals surface area contributed by atoms with E-state index < -0.39 is 18.0 Å². The molecule has 2 aliphatic heterocycles. The Kier molecular flexibility index (Phi) is 8.80. The quantitative estimate of drug-likeness (QED) is 0.634. The molecule has 0 bridgehead atoms. The van der Waals surface area contributed by atoms with Crippen molar-refractivity contribution in [3.8, 4) is 6.07 Å². The third kappa shape index (κ3) is 6.30. The Morgan fingerprint density at radius 1 is 1.24 bits per heavy atom. The van der Waals surface area contributed by atoms with Crippen LogP contribution in [-0.4, -0.2) is 90.9 Å². The molecule has 9 heteroatoms. The fourth-order valence-corrected chi connectivity index (χ4v) is 4.34. The van der Waals surface area contributed by atoms with Gasteiger partial charge in [-0.15, -0.1) is 0 Å². The molecule has 33 heavy (non-hydrogen) atoms. The van der Waals surface area contributed by atoms with Gasteiger partial charge in [0.25, 0.3) is 0 Å². The van der Waals surface area contributed by atoms with E-state index in [0.717, 1.165) is 0 Å². The number of benzene rings is 1. The van der Waals surface area contributed by atoms with Crippen molar-refractivity contribution in [3.05, 3.63) is 30.3 Å². The number of likely N-dealkylation sites (N-methyl/N-ethyl adjacent to an activating group) is 1. The average Bonchev–Trinajstić information content (AvgIpc) is 3.28. The van der Waals surface area contributed by atoms with Crippen LogP contribution >= 0.6 is 0 Å². The zero-order valence-corrected chi connectivity index (χ0v) is 19.4. The van der Waals surface area contributed by atoms with E-state index in [-0.39, 0.29) is 37.2 Å². The van der Waals surface area contributed by atoms with Crippen molar-refractivity contribution in [3.63, 3.8) is 0 Å². The summed E-state index contributed by atoms with van der Waals surface area (Å²) in [4.78, 5) is 44.2. The molecule has 178 valence electrons. The molecule has 1 aromatic rings. The molecule has 1 aromatic carbocycles. The smallest absolute Gasteiger partial charge is 0.246 e. The third-order valence-corrected chi connectivity index (χ3v) is 6.32. The van der Waals surface area contributed by atoms with Crippen LogP contribution < -0.4 is 5.32 Å². The first kappa shape index (κ1) is 24.7. The van der Waals surface area contributed by atoms with E-state index in [1.165, 1.54) is 9.80 Å². The first-order valence-electron chi connectivity index (χ1n) is 11.6. The molecule has 0 aromatic heterocycles. The van der Waals surface area contributed by atoms with E-state index in [2.05, 4.69) is 11.4 Å². The Labute approximate surface area is 195 Å². The summed E-state index contributed by atoms with van der Waals surface area (Å²) < 4.78 is 5.33. The highest BCUT2D eigenvalue weighted by atomic mass is 16.5. The maximum atomic E-state index is 13.5. The summed E-state index contributed by atoms with van der Waals surface area (Å²) in [6.07, 6.45) is 1.50. The summed E-state index contributed by atoms with van der Waals surface area (Å²) in [5.74, 6) is -1.08. The number of amides is 3. The van der Waals surface area contributed by atoms with Gasteiger partial charge in [-0.05, 0) is 25.0 Å². The molecule has 1 N–H and O–H groups in total. The lowest BCUT2D eigenvalue weighted by molar-refractivity contribution is -0.146. The predicted molar refractivity (Wildman–Crippen MR) is 123 cm³/mol. The molecule has 0 saturated carbocycles. The maximum Gasteiger partial charge on any atom is 0.246 e. The van der Waals surface area contributed by atoms with Crippen molar-refractivity contribution in [2.24, 2.45) is 5.92 Å². The van der Waals surface area contributed by atoms with Crippen molar-refractivity contribution >= 4 is 23.4 Å². The van der Waals surface area contributed by atoms with Crippen LogP contribution in [0.25, 0.3) is 0 Å². The summed E-state index contributed by atoms with van der Waals surface area (Å²) in [6.45, 7) is 4.93. The second kappa shape index (κ2) is 11.8. The van der Waals surface area contributed by atoms with E-state index in [0.29, 0.717) is 44.8 Å². The number of likely N-dealkylation sites (tertiary alicyclic amines) is 1. The molecule has 3 unspecified atom stereocenters. The summed E-state index contributed by atoms with van der Waals surface area (Å²) >= 11 is 0. The molecular formula is C24H33N5O4. The van der Waals surface area contributed by atoms with Gasteiger partial charge in [-0.1, -0.05) is 31.5 Å². The minimum atomic E-state index is -0.689. The van der Waals surface area contributed by atoms with Gasteiger partial charge in [0.1, 0.15) is 12.1 Å². The minimum Gasteiger partial charge on any atom is -0.379 e. The molecule has 9 nitrogen and oxygen atoms in total. The third-order valence-electron chi connectivity index (χ3n) is 6.32. The highest BCUT2D eigenvalue weighted by Crippen LogP contribution is 2.26. The topological polar surface area (TPSA) is 106 Å². The molecule has 2 aliphatic rings. The zero-order valence-electron chi connectivity index (χ0n) is 19.4. The first-order valence-corrected chi connectivity index (χ1v) is 11.6. The number of hydrogen-bond donors (Lipinski definition) is 1. The number of nitrogens with one attached hydrogen (secondary N) is 1. The number of ether oxygens (including phenoxy) is 1. The second-order valence-electron chi connectivity index (χ2n) is 8.62. The number of rotatable bonds is 8. The average molecular weight is 456 g/mol. The molecule has 2 saturated heterocycles. The molecule has 0 radical (unpaired) electrons. The number of morpholine rings is 1. The van der Waals surface area contributed by atoms with Crippen LogP contribution in [0, 0.1) is 17.2 Å². The van der Waals surface area contributed by atoms with Gasteiger partial charge in [-0.25, -0.2) is 0 Å². The SMILES string of the molecule is CCCC(C(=O)N1CC(C(=O)Nc2ccccc2)CC1C#N)N(C)C(=O)CN1CCOCC1.